The zero-order valence-electron chi connectivity index (χ0n) is 7.99. The van der Waals surface area contributed by atoms with E-state index in [4.69, 9.17) is 4.84 Å². The Balaban J connectivity index is 4.24. The molecule has 0 fully saturated rings. The van der Waals surface area contributed by atoms with E-state index >= 15 is 0 Å². The van der Waals surface area contributed by atoms with E-state index in [2.05, 4.69) is 6.58 Å². The molecule has 0 aromatic heterocycles. The maximum atomic E-state index is 11.0. The molecular weight excluding hydrogens is 174 g/mol. The van der Waals surface area contributed by atoms with Crippen LogP contribution in [0.25, 0.3) is 0 Å². The maximum absolute atomic E-state index is 11.0. The summed E-state index contributed by atoms with van der Waals surface area (Å²) in [6.45, 7) is 4.47. The number of likely N-dealkylation sites (N-methyl/N-ethyl adjacent to an activating group) is 1. The summed E-state index contributed by atoms with van der Waals surface area (Å²) < 4.78 is -0.409. The largest absolute Gasteiger partial charge is 0.544 e. The average molecular weight is 187 g/mol. The van der Waals surface area contributed by atoms with E-state index in [1.165, 1.54) is 21.0 Å². The van der Waals surface area contributed by atoms with Gasteiger partial charge in [0.15, 0.2) is 6.54 Å². The van der Waals surface area contributed by atoms with E-state index in [1.54, 1.807) is 0 Å². The smallest absolute Gasteiger partial charge is 0.392 e. The number of nitrogens with zero attached hydrogens (tertiary/aromatic N) is 1. The lowest BCUT2D eigenvalue weighted by Crippen LogP contribution is -2.49. The summed E-state index contributed by atoms with van der Waals surface area (Å²) in [7, 11) is 2.88. The predicted molar refractivity (Wildman–Crippen MR) is 42.9 cm³/mol. The zero-order valence-corrected chi connectivity index (χ0v) is 7.99. The zero-order chi connectivity index (χ0) is 10.6. The molecule has 0 aromatic rings. The van der Waals surface area contributed by atoms with Gasteiger partial charge in [-0.25, -0.2) is 4.79 Å². The maximum Gasteiger partial charge on any atom is 0.392 e. The second-order valence-corrected chi connectivity index (χ2v) is 3.26. The van der Waals surface area contributed by atoms with Gasteiger partial charge < -0.3 is 9.90 Å². The number of aliphatic carboxylic acids is 1. The van der Waals surface area contributed by atoms with Crippen molar-refractivity contribution in [3.63, 3.8) is 0 Å². The van der Waals surface area contributed by atoms with E-state index in [9.17, 15) is 14.7 Å². The summed E-state index contributed by atoms with van der Waals surface area (Å²) >= 11 is 0. The molecule has 0 bridgehead atoms. The van der Waals surface area contributed by atoms with Gasteiger partial charge in [-0.1, -0.05) is 6.58 Å². The highest BCUT2D eigenvalue weighted by Gasteiger charge is 2.22. The van der Waals surface area contributed by atoms with E-state index in [1.807, 2.05) is 0 Å². The lowest BCUT2D eigenvalue weighted by Gasteiger charge is -2.26. The van der Waals surface area contributed by atoms with Crippen LogP contribution in [-0.4, -0.2) is 37.2 Å². The molecular formula is C8H13NO4. The number of carboxylic acid groups (broad SMARTS) is 1. The Labute approximate surface area is 76.8 Å². The minimum atomic E-state index is -1.28. The van der Waals surface area contributed by atoms with Crippen molar-refractivity contribution in [1.82, 2.24) is 0 Å². The van der Waals surface area contributed by atoms with Gasteiger partial charge in [0.1, 0.15) is 14.1 Å². The number of hydroxylamine groups is 3. The topological polar surface area (TPSA) is 66.4 Å². The second kappa shape index (κ2) is 4.04. The summed E-state index contributed by atoms with van der Waals surface area (Å²) in [6, 6.07) is 0. The van der Waals surface area contributed by atoms with Crippen molar-refractivity contribution in [1.29, 1.82) is 0 Å². The van der Waals surface area contributed by atoms with Gasteiger partial charge >= 0.3 is 5.97 Å². The molecule has 0 heterocycles. The second-order valence-electron chi connectivity index (χ2n) is 3.26. The average Bonchev–Trinajstić information content (AvgIpc) is 1.81. The number of hydrogen-bond donors (Lipinski definition) is 0. The molecule has 0 rings (SSSR count). The highest BCUT2D eigenvalue weighted by atomic mass is 16.7. The molecule has 0 aromatic carbocycles. The Morgan fingerprint density at radius 3 is 2.23 bits per heavy atom. The van der Waals surface area contributed by atoms with Gasteiger partial charge in [0.25, 0.3) is 0 Å². The summed E-state index contributed by atoms with van der Waals surface area (Å²) in [5.74, 6) is -1.90. The Kier molecular flexibility index (Phi) is 3.62. The molecule has 5 heteroatoms. The van der Waals surface area contributed by atoms with Gasteiger partial charge in [-0.15, -0.1) is 4.65 Å². The Morgan fingerprint density at radius 2 is 1.92 bits per heavy atom. The first-order chi connectivity index (χ1) is 5.74. The van der Waals surface area contributed by atoms with Crippen LogP contribution in [0.4, 0.5) is 0 Å². The Bertz CT molecular complexity index is 245. The third-order valence-corrected chi connectivity index (χ3v) is 1.19. The highest BCUT2D eigenvalue weighted by Crippen LogP contribution is 2.02. The molecule has 74 valence electrons. The molecule has 13 heavy (non-hydrogen) atoms. The van der Waals surface area contributed by atoms with Crippen molar-refractivity contribution < 1.29 is 24.2 Å². The molecule has 0 N–H and O–H groups in total. The highest BCUT2D eigenvalue weighted by molar-refractivity contribution is 5.86. The number of quaternary nitrogens is 1. The van der Waals surface area contributed by atoms with Crippen LogP contribution < -0.4 is 5.11 Å². The Morgan fingerprint density at radius 1 is 1.46 bits per heavy atom. The fraction of sp³-hybridized carbons (Fsp3) is 0.500. The van der Waals surface area contributed by atoms with Crippen LogP contribution in [0, 0.1) is 0 Å². The molecule has 0 saturated heterocycles. The molecule has 0 aliphatic rings. The van der Waals surface area contributed by atoms with Crippen LogP contribution in [0.15, 0.2) is 12.2 Å². The molecule has 0 radical (unpaired) electrons. The molecule has 0 aliphatic heterocycles. The van der Waals surface area contributed by atoms with Crippen LogP contribution in [0.1, 0.15) is 6.92 Å². The minimum absolute atomic E-state index is 0.226. The monoisotopic (exact) mass is 187 g/mol. The van der Waals surface area contributed by atoms with Gasteiger partial charge in [-0.3, -0.25) is 4.84 Å². The lowest BCUT2D eigenvalue weighted by atomic mass is 10.4. The normalized spacial score (nSPS) is 10.7. The third kappa shape index (κ3) is 4.97. The van der Waals surface area contributed by atoms with Crippen LogP contribution in [0.2, 0.25) is 0 Å². The van der Waals surface area contributed by atoms with Gasteiger partial charge in [-0.2, -0.15) is 0 Å². The SMILES string of the molecule is C=C(C)C(=O)O[N+](C)(C)CC(=O)[O-]. The van der Waals surface area contributed by atoms with Crippen molar-refractivity contribution in [3.8, 4) is 0 Å². The number of carbonyl (C=O) groups excluding carboxylic acids is 2. The van der Waals surface area contributed by atoms with Crippen molar-refractivity contribution >= 4 is 11.9 Å². The minimum Gasteiger partial charge on any atom is -0.544 e. The summed E-state index contributed by atoms with van der Waals surface area (Å²) in [6.07, 6.45) is 0. The van der Waals surface area contributed by atoms with Crippen LogP contribution in [-0.2, 0) is 14.4 Å². The summed E-state index contributed by atoms with van der Waals surface area (Å²) in [5, 5.41) is 10.2. The number of rotatable bonds is 4. The van der Waals surface area contributed by atoms with E-state index in [0.717, 1.165) is 0 Å². The van der Waals surface area contributed by atoms with Crippen LogP contribution >= 0.6 is 0 Å². The molecule has 0 amide bonds. The standard InChI is InChI=1S/C8H13NO4/c1-6(2)8(12)13-9(3,4)5-7(10)11/h1,5H2,2-4H3. The van der Waals surface area contributed by atoms with Gasteiger partial charge in [0.05, 0.1) is 5.97 Å². The molecule has 0 atom stereocenters. The third-order valence-electron chi connectivity index (χ3n) is 1.19. The van der Waals surface area contributed by atoms with Crippen LogP contribution in [0.3, 0.4) is 0 Å². The van der Waals surface area contributed by atoms with Gasteiger partial charge in [0, 0.05) is 5.57 Å². The number of hydrogen-bond acceptors (Lipinski definition) is 4. The van der Waals surface area contributed by atoms with Crippen molar-refractivity contribution in [3.05, 3.63) is 12.2 Å². The Hall–Kier alpha value is -1.36. The summed E-state index contributed by atoms with van der Waals surface area (Å²) in [5.41, 5.74) is 0.226. The van der Waals surface area contributed by atoms with E-state index in [0.29, 0.717) is 0 Å². The quantitative estimate of drug-likeness (QED) is 0.316. The molecule has 0 unspecified atom stereocenters. The van der Waals surface area contributed by atoms with Crippen molar-refractivity contribution in [2.24, 2.45) is 0 Å². The number of carboxylic acids is 1. The van der Waals surface area contributed by atoms with Crippen molar-refractivity contribution in [2.75, 3.05) is 20.6 Å². The first kappa shape index (κ1) is 11.6. The first-order valence-electron chi connectivity index (χ1n) is 3.67. The molecule has 5 nitrogen and oxygen atoms in total. The summed E-state index contributed by atoms with van der Waals surface area (Å²) in [4.78, 5) is 26.0. The van der Waals surface area contributed by atoms with Crippen molar-refractivity contribution in [2.45, 2.75) is 6.92 Å². The predicted octanol–water partition coefficient (Wildman–Crippen LogP) is -1.15. The molecule has 0 aliphatic carbocycles. The van der Waals surface area contributed by atoms with Gasteiger partial charge in [0.2, 0.25) is 0 Å². The van der Waals surface area contributed by atoms with E-state index in [-0.39, 0.29) is 12.1 Å². The number of carbonyl (C=O) groups is 2. The fourth-order valence-corrected chi connectivity index (χ4v) is 0.646. The molecule has 0 saturated carbocycles. The first-order valence-corrected chi connectivity index (χ1v) is 3.67. The molecule has 0 spiro atoms. The van der Waals surface area contributed by atoms with Gasteiger partial charge in [-0.05, 0) is 6.92 Å². The van der Waals surface area contributed by atoms with E-state index < -0.39 is 16.6 Å². The fourth-order valence-electron chi connectivity index (χ4n) is 0.646. The van der Waals surface area contributed by atoms with Crippen LogP contribution in [0.5, 0.6) is 0 Å². The lowest BCUT2D eigenvalue weighted by molar-refractivity contribution is -1.05.